The summed E-state index contributed by atoms with van der Waals surface area (Å²) in [6.45, 7) is 1.61. The molecule has 4 nitrogen and oxygen atoms in total. The summed E-state index contributed by atoms with van der Waals surface area (Å²) in [4.78, 5) is 13.6. The molecular weight excluding hydrogens is 337 g/mol. The molecule has 2 N–H and O–H groups in total. The van der Waals surface area contributed by atoms with Crippen LogP contribution in [0.2, 0.25) is 0 Å². The number of piperidine rings is 1. The highest BCUT2D eigenvalue weighted by molar-refractivity contribution is 5.85. The fraction of sp³-hybridized carbons (Fsp3) is 0.500. The lowest BCUT2D eigenvalue weighted by molar-refractivity contribution is -0.149. The Bertz CT molecular complexity index is 489. The van der Waals surface area contributed by atoms with Gasteiger partial charge in [0, 0.05) is 25.7 Å². The van der Waals surface area contributed by atoms with Crippen molar-refractivity contribution in [3.8, 4) is 0 Å². The van der Waals surface area contributed by atoms with E-state index in [0.29, 0.717) is 38.0 Å². The number of esters is 1. The monoisotopic (exact) mass is 356 g/mol. The molecule has 8 heteroatoms. The summed E-state index contributed by atoms with van der Waals surface area (Å²) in [5.41, 5.74) is 5.62. The van der Waals surface area contributed by atoms with Crippen LogP contribution < -0.4 is 5.73 Å². The Hall–Kier alpha value is -0.950. The van der Waals surface area contributed by atoms with Crippen molar-refractivity contribution in [1.29, 1.82) is 0 Å². The Balaban J connectivity index is 0.00000220. The third kappa shape index (κ3) is 5.05. The van der Waals surface area contributed by atoms with Gasteiger partial charge in [-0.25, -0.2) is 8.78 Å². The molecule has 1 aliphatic heterocycles. The number of rotatable bonds is 3. The molecule has 0 radical (unpaired) electrons. The molecule has 0 saturated carbocycles. The van der Waals surface area contributed by atoms with Crippen molar-refractivity contribution in [2.24, 2.45) is 5.73 Å². The predicted octanol–water partition coefficient (Wildman–Crippen LogP) is 2.27. The van der Waals surface area contributed by atoms with E-state index in [4.69, 9.17) is 10.5 Å². The van der Waals surface area contributed by atoms with E-state index >= 15 is 0 Å². The van der Waals surface area contributed by atoms with E-state index in [9.17, 15) is 13.6 Å². The zero-order chi connectivity index (χ0) is 14.8. The van der Waals surface area contributed by atoms with Crippen LogP contribution in [-0.2, 0) is 16.1 Å². The van der Waals surface area contributed by atoms with Crippen LogP contribution in [0.4, 0.5) is 8.78 Å². The Morgan fingerprint density at radius 3 is 2.18 bits per heavy atom. The summed E-state index contributed by atoms with van der Waals surface area (Å²) in [5.74, 6) is -1.58. The first-order valence-corrected chi connectivity index (χ1v) is 6.47. The topological polar surface area (TPSA) is 55.6 Å². The number of carbonyl (C=O) groups excluding carboxylic acids is 1. The van der Waals surface area contributed by atoms with Crippen LogP contribution >= 0.6 is 24.8 Å². The molecule has 0 amide bonds. The molecule has 1 saturated heterocycles. The van der Waals surface area contributed by atoms with Gasteiger partial charge in [0.05, 0.1) is 7.11 Å². The van der Waals surface area contributed by atoms with E-state index in [-0.39, 0.29) is 24.8 Å². The van der Waals surface area contributed by atoms with E-state index in [1.54, 1.807) is 0 Å². The molecule has 0 spiro atoms. The van der Waals surface area contributed by atoms with E-state index in [1.807, 2.05) is 4.90 Å². The number of nitrogens with zero attached hydrogens (tertiary/aromatic N) is 1. The number of hydrogen-bond donors (Lipinski definition) is 1. The average molecular weight is 357 g/mol. The van der Waals surface area contributed by atoms with Crippen LogP contribution in [0.15, 0.2) is 18.2 Å². The number of carbonyl (C=O) groups is 1. The normalized spacial score (nSPS) is 17.1. The molecule has 0 aromatic heterocycles. The van der Waals surface area contributed by atoms with Crippen molar-refractivity contribution in [2.75, 3.05) is 20.2 Å². The van der Waals surface area contributed by atoms with Crippen molar-refractivity contribution in [3.63, 3.8) is 0 Å². The zero-order valence-electron chi connectivity index (χ0n) is 12.2. The summed E-state index contributed by atoms with van der Waals surface area (Å²) >= 11 is 0. The lowest BCUT2D eigenvalue weighted by Gasteiger charge is -2.37. The Morgan fingerprint density at radius 1 is 1.23 bits per heavy atom. The molecule has 1 aliphatic rings. The van der Waals surface area contributed by atoms with E-state index in [1.165, 1.54) is 19.2 Å². The third-order valence-electron chi connectivity index (χ3n) is 3.67. The van der Waals surface area contributed by atoms with Gasteiger partial charge in [-0.3, -0.25) is 9.69 Å². The quantitative estimate of drug-likeness (QED) is 0.844. The molecule has 126 valence electrons. The van der Waals surface area contributed by atoms with Gasteiger partial charge in [-0.05, 0) is 30.5 Å². The van der Waals surface area contributed by atoms with Gasteiger partial charge in [-0.1, -0.05) is 0 Å². The maximum absolute atomic E-state index is 13.1. The molecule has 0 unspecified atom stereocenters. The van der Waals surface area contributed by atoms with Crippen LogP contribution in [0.25, 0.3) is 0 Å². The number of nitrogens with two attached hydrogens (primary N) is 1. The zero-order valence-corrected chi connectivity index (χ0v) is 13.8. The SMILES string of the molecule is COC(=O)C1(N)CCN(Cc2cc(F)cc(F)c2)CC1.Cl.Cl. The number of likely N-dealkylation sites (tertiary alicyclic amines) is 1. The largest absolute Gasteiger partial charge is 0.468 e. The summed E-state index contributed by atoms with van der Waals surface area (Å²) in [6, 6.07) is 3.48. The van der Waals surface area contributed by atoms with Crippen LogP contribution in [0.5, 0.6) is 0 Å². The van der Waals surface area contributed by atoms with Crippen molar-refractivity contribution in [3.05, 3.63) is 35.4 Å². The van der Waals surface area contributed by atoms with E-state index in [2.05, 4.69) is 0 Å². The number of halogens is 4. The summed E-state index contributed by atoms with van der Waals surface area (Å²) in [6.07, 6.45) is 0.939. The van der Waals surface area contributed by atoms with Gasteiger partial charge >= 0.3 is 5.97 Å². The molecular formula is C14H20Cl2F2N2O2. The third-order valence-corrected chi connectivity index (χ3v) is 3.67. The predicted molar refractivity (Wildman–Crippen MR) is 84.3 cm³/mol. The van der Waals surface area contributed by atoms with Gasteiger partial charge in [-0.15, -0.1) is 24.8 Å². The lowest BCUT2D eigenvalue weighted by atomic mass is 9.88. The van der Waals surface area contributed by atoms with Crippen LogP contribution in [0, 0.1) is 11.6 Å². The minimum Gasteiger partial charge on any atom is -0.468 e. The molecule has 0 aliphatic carbocycles. The Kier molecular flexibility index (Phi) is 8.25. The fourth-order valence-electron chi connectivity index (χ4n) is 2.48. The molecule has 22 heavy (non-hydrogen) atoms. The molecule has 0 bridgehead atoms. The molecule has 1 heterocycles. The lowest BCUT2D eigenvalue weighted by Crippen LogP contribution is -2.55. The van der Waals surface area contributed by atoms with Crippen molar-refractivity contribution >= 4 is 30.8 Å². The van der Waals surface area contributed by atoms with E-state index < -0.39 is 23.1 Å². The Morgan fingerprint density at radius 2 is 1.73 bits per heavy atom. The molecule has 1 aromatic carbocycles. The highest BCUT2D eigenvalue weighted by atomic mass is 35.5. The number of benzene rings is 1. The van der Waals surface area contributed by atoms with Crippen LogP contribution in [-0.4, -0.2) is 36.6 Å². The van der Waals surface area contributed by atoms with Crippen LogP contribution in [0.3, 0.4) is 0 Å². The number of methoxy groups -OCH3 is 1. The highest BCUT2D eigenvalue weighted by Crippen LogP contribution is 2.22. The highest BCUT2D eigenvalue weighted by Gasteiger charge is 2.38. The first kappa shape index (κ1) is 21.0. The van der Waals surface area contributed by atoms with E-state index in [0.717, 1.165) is 6.07 Å². The van der Waals surface area contributed by atoms with Crippen molar-refractivity contribution < 1.29 is 18.3 Å². The molecule has 1 aromatic rings. The summed E-state index contributed by atoms with van der Waals surface area (Å²) < 4.78 is 30.9. The smallest absolute Gasteiger partial charge is 0.325 e. The van der Waals surface area contributed by atoms with Crippen molar-refractivity contribution in [2.45, 2.75) is 24.9 Å². The second-order valence-electron chi connectivity index (χ2n) is 5.20. The first-order chi connectivity index (χ1) is 9.43. The number of hydrogen-bond acceptors (Lipinski definition) is 4. The Labute approximate surface area is 140 Å². The standard InChI is InChI=1S/C14H18F2N2O2.2ClH/c1-20-13(19)14(17)2-4-18(5-3-14)9-10-6-11(15)8-12(16)7-10;;/h6-8H,2-5,9,17H2,1H3;2*1H. The molecule has 0 atom stereocenters. The van der Waals surface area contributed by atoms with Gasteiger partial charge in [0.15, 0.2) is 0 Å². The maximum Gasteiger partial charge on any atom is 0.325 e. The summed E-state index contributed by atoms with van der Waals surface area (Å²) in [7, 11) is 1.32. The van der Waals surface area contributed by atoms with Crippen LogP contribution in [0.1, 0.15) is 18.4 Å². The van der Waals surface area contributed by atoms with Gasteiger partial charge in [0.1, 0.15) is 17.2 Å². The molecule has 1 fully saturated rings. The van der Waals surface area contributed by atoms with Gasteiger partial charge < -0.3 is 10.5 Å². The minimum atomic E-state index is -0.946. The first-order valence-electron chi connectivity index (χ1n) is 6.47. The minimum absolute atomic E-state index is 0. The average Bonchev–Trinajstić information content (AvgIpc) is 2.39. The van der Waals surface area contributed by atoms with Gasteiger partial charge in [0.25, 0.3) is 0 Å². The van der Waals surface area contributed by atoms with Gasteiger partial charge in [-0.2, -0.15) is 0 Å². The fourth-order valence-corrected chi connectivity index (χ4v) is 2.48. The molecule has 2 rings (SSSR count). The second kappa shape index (κ2) is 8.62. The second-order valence-corrected chi connectivity index (χ2v) is 5.20. The van der Waals surface area contributed by atoms with Gasteiger partial charge in [0.2, 0.25) is 0 Å². The summed E-state index contributed by atoms with van der Waals surface area (Å²) in [5, 5.41) is 0. The maximum atomic E-state index is 13.1. The van der Waals surface area contributed by atoms with Crippen molar-refractivity contribution in [1.82, 2.24) is 4.90 Å². The number of ether oxygens (including phenoxy) is 1.